The summed E-state index contributed by atoms with van der Waals surface area (Å²) in [5.74, 6) is 0.536. The van der Waals surface area contributed by atoms with Gasteiger partial charge in [0.1, 0.15) is 23.9 Å². The minimum Gasteiger partial charge on any atom is -0.488 e. The van der Waals surface area contributed by atoms with Crippen LogP contribution in [0.25, 0.3) is 11.1 Å². The maximum Gasteiger partial charge on any atom is 0.199 e. The van der Waals surface area contributed by atoms with Crippen LogP contribution < -0.4 is 9.47 Å². The summed E-state index contributed by atoms with van der Waals surface area (Å²) >= 11 is 0. The first kappa shape index (κ1) is 20.1. The Morgan fingerprint density at radius 1 is 1.03 bits per heavy atom. The Bertz CT molecular complexity index is 997. The van der Waals surface area contributed by atoms with E-state index in [2.05, 4.69) is 0 Å². The van der Waals surface area contributed by atoms with Gasteiger partial charge in [-0.15, -0.1) is 0 Å². The summed E-state index contributed by atoms with van der Waals surface area (Å²) in [7, 11) is 0. The number of hydrogen-bond donors (Lipinski definition) is 0. The van der Waals surface area contributed by atoms with Crippen LogP contribution in [0.3, 0.4) is 0 Å². The molecule has 0 bridgehead atoms. The Morgan fingerprint density at radius 3 is 2.63 bits per heavy atom. The van der Waals surface area contributed by atoms with Gasteiger partial charge in [0.2, 0.25) is 0 Å². The molecule has 154 valence electrons. The fourth-order valence-corrected chi connectivity index (χ4v) is 3.50. The third-order valence-corrected chi connectivity index (χ3v) is 5.01. The minimum absolute atomic E-state index is 0.299. The van der Waals surface area contributed by atoms with Crippen LogP contribution in [0.15, 0.2) is 66.7 Å². The molecular formula is C25H23FO4. The number of halogens is 1. The van der Waals surface area contributed by atoms with E-state index in [1.165, 1.54) is 12.1 Å². The molecule has 5 heteroatoms. The van der Waals surface area contributed by atoms with Gasteiger partial charge in [-0.25, -0.2) is 4.39 Å². The predicted octanol–water partition coefficient (Wildman–Crippen LogP) is 5.79. The molecule has 0 radical (unpaired) electrons. The first-order valence-corrected chi connectivity index (χ1v) is 10.1. The third-order valence-electron chi connectivity index (χ3n) is 5.01. The standard InChI is InChI=1S/C25H23FO4/c26-20-10-6-9-19(13-20)22-14-21(30-25-11-4-5-12-28-25)15-24(23(22)16-27)29-17-18-7-2-1-3-8-18/h1-3,6-10,13-16,25H,4-5,11-12,17H2. The summed E-state index contributed by atoms with van der Waals surface area (Å²) in [4.78, 5) is 12.0. The van der Waals surface area contributed by atoms with Crippen LogP contribution in [0.1, 0.15) is 35.2 Å². The van der Waals surface area contributed by atoms with Crippen molar-refractivity contribution in [1.82, 2.24) is 0 Å². The molecule has 1 heterocycles. The normalized spacial score (nSPS) is 16.1. The fraction of sp³-hybridized carbons (Fsp3) is 0.240. The first-order valence-electron chi connectivity index (χ1n) is 10.1. The number of ether oxygens (including phenoxy) is 3. The Labute approximate surface area is 175 Å². The van der Waals surface area contributed by atoms with Gasteiger partial charge in [-0.05, 0) is 47.7 Å². The number of rotatable bonds is 7. The van der Waals surface area contributed by atoms with E-state index >= 15 is 0 Å². The zero-order valence-corrected chi connectivity index (χ0v) is 16.6. The number of carbonyl (C=O) groups is 1. The summed E-state index contributed by atoms with van der Waals surface area (Å²) < 4.78 is 31.6. The van der Waals surface area contributed by atoms with Gasteiger partial charge >= 0.3 is 0 Å². The van der Waals surface area contributed by atoms with Crippen molar-refractivity contribution >= 4 is 6.29 Å². The van der Waals surface area contributed by atoms with E-state index in [9.17, 15) is 9.18 Å². The zero-order chi connectivity index (χ0) is 20.8. The second-order valence-corrected chi connectivity index (χ2v) is 7.20. The van der Waals surface area contributed by atoms with Crippen LogP contribution in [-0.2, 0) is 11.3 Å². The van der Waals surface area contributed by atoms with Crippen LogP contribution in [0.4, 0.5) is 4.39 Å². The maximum absolute atomic E-state index is 13.9. The van der Waals surface area contributed by atoms with Crippen LogP contribution in [0.5, 0.6) is 11.5 Å². The van der Waals surface area contributed by atoms with Crippen molar-refractivity contribution in [3.8, 4) is 22.6 Å². The molecule has 1 saturated heterocycles. The van der Waals surface area contributed by atoms with E-state index in [0.717, 1.165) is 31.1 Å². The lowest BCUT2D eigenvalue weighted by atomic mass is 9.99. The lowest BCUT2D eigenvalue weighted by Crippen LogP contribution is -2.25. The van der Waals surface area contributed by atoms with Gasteiger partial charge in [0.25, 0.3) is 0 Å². The average molecular weight is 406 g/mol. The molecule has 1 atom stereocenters. The topological polar surface area (TPSA) is 44.8 Å². The number of carbonyl (C=O) groups excluding carboxylic acids is 1. The highest BCUT2D eigenvalue weighted by molar-refractivity contribution is 5.91. The second-order valence-electron chi connectivity index (χ2n) is 7.20. The van der Waals surface area contributed by atoms with Gasteiger partial charge in [0.15, 0.2) is 12.6 Å². The molecule has 0 spiro atoms. The highest BCUT2D eigenvalue weighted by Crippen LogP contribution is 2.36. The van der Waals surface area contributed by atoms with Crippen molar-refractivity contribution in [2.45, 2.75) is 32.2 Å². The number of benzene rings is 3. The van der Waals surface area contributed by atoms with Crippen LogP contribution in [-0.4, -0.2) is 19.2 Å². The van der Waals surface area contributed by atoms with Crippen LogP contribution >= 0.6 is 0 Å². The van der Waals surface area contributed by atoms with Crippen molar-refractivity contribution < 1.29 is 23.4 Å². The van der Waals surface area contributed by atoms with Crippen molar-refractivity contribution in [2.75, 3.05) is 6.61 Å². The Hall–Kier alpha value is -3.18. The first-order chi connectivity index (χ1) is 14.7. The second kappa shape index (κ2) is 9.55. The van der Waals surface area contributed by atoms with Gasteiger partial charge in [-0.3, -0.25) is 4.79 Å². The van der Waals surface area contributed by atoms with Gasteiger partial charge in [-0.1, -0.05) is 42.5 Å². The highest BCUT2D eigenvalue weighted by atomic mass is 19.1. The third kappa shape index (κ3) is 4.86. The van der Waals surface area contributed by atoms with Crippen molar-refractivity contribution in [1.29, 1.82) is 0 Å². The van der Waals surface area contributed by atoms with Crippen LogP contribution in [0, 0.1) is 5.82 Å². The predicted molar refractivity (Wildman–Crippen MR) is 112 cm³/mol. The summed E-state index contributed by atoms with van der Waals surface area (Å²) in [5.41, 5.74) is 2.47. The Morgan fingerprint density at radius 2 is 1.90 bits per heavy atom. The molecule has 0 aliphatic carbocycles. The van der Waals surface area contributed by atoms with Crippen molar-refractivity contribution in [3.63, 3.8) is 0 Å². The Balaban J connectivity index is 1.70. The molecule has 1 aliphatic heterocycles. The number of aldehydes is 1. The zero-order valence-electron chi connectivity index (χ0n) is 16.6. The quantitative estimate of drug-likeness (QED) is 0.466. The summed E-state index contributed by atoms with van der Waals surface area (Å²) in [6.45, 7) is 0.957. The molecule has 3 aromatic rings. The lowest BCUT2D eigenvalue weighted by Gasteiger charge is -2.24. The minimum atomic E-state index is -0.377. The molecule has 0 amide bonds. The smallest absolute Gasteiger partial charge is 0.199 e. The molecule has 1 fully saturated rings. The molecule has 1 aliphatic rings. The van der Waals surface area contributed by atoms with Gasteiger partial charge in [0.05, 0.1) is 12.2 Å². The summed E-state index contributed by atoms with van der Waals surface area (Å²) in [6, 6.07) is 19.3. The lowest BCUT2D eigenvalue weighted by molar-refractivity contribution is -0.105. The highest BCUT2D eigenvalue weighted by Gasteiger charge is 2.19. The van der Waals surface area contributed by atoms with Crippen LogP contribution in [0.2, 0.25) is 0 Å². The molecule has 1 unspecified atom stereocenters. The van der Waals surface area contributed by atoms with E-state index in [0.29, 0.717) is 41.4 Å². The summed E-state index contributed by atoms with van der Waals surface area (Å²) in [6.07, 6.45) is 3.24. The van der Waals surface area contributed by atoms with Gasteiger partial charge in [-0.2, -0.15) is 0 Å². The number of hydrogen-bond acceptors (Lipinski definition) is 4. The molecule has 0 N–H and O–H groups in total. The van der Waals surface area contributed by atoms with E-state index in [-0.39, 0.29) is 12.1 Å². The van der Waals surface area contributed by atoms with E-state index in [4.69, 9.17) is 14.2 Å². The van der Waals surface area contributed by atoms with E-state index in [1.54, 1.807) is 24.3 Å². The molecule has 30 heavy (non-hydrogen) atoms. The molecular weight excluding hydrogens is 383 g/mol. The van der Waals surface area contributed by atoms with E-state index in [1.807, 2.05) is 30.3 Å². The summed E-state index contributed by atoms with van der Waals surface area (Å²) in [5, 5.41) is 0. The molecule has 4 nitrogen and oxygen atoms in total. The monoisotopic (exact) mass is 406 g/mol. The average Bonchev–Trinajstić information content (AvgIpc) is 2.79. The Kier molecular flexibility index (Phi) is 6.40. The molecule has 0 saturated carbocycles. The largest absolute Gasteiger partial charge is 0.488 e. The van der Waals surface area contributed by atoms with Gasteiger partial charge < -0.3 is 14.2 Å². The van der Waals surface area contributed by atoms with E-state index < -0.39 is 0 Å². The maximum atomic E-state index is 13.9. The van der Waals surface area contributed by atoms with Gasteiger partial charge in [0, 0.05) is 12.5 Å². The molecule has 3 aromatic carbocycles. The SMILES string of the molecule is O=Cc1c(OCc2ccccc2)cc(OC2CCCCO2)cc1-c1cccc(F)c1. The molecule has 0 aromatic heterocycles. The molecule has 4 rings (SSSR count). The fourth-order valence-electron chi connectivity index (χ4n) is 3.50. The van der Waals surface area contributed by atoms with Crippen molar-refractivity contribution in [2.24, 2.45) is 0 Å². The van der Waals surface area contributed by atoms with Crippen molar-refractivity contribution in [3.05, 3.63) is 83.7 Å².